The minimum atomic E-state index is 0.274. The van der Waals surface area contributed by atoms with Gasteiger partial charge < -0.3 is 13.9 Å². The Labute approximate surface area is 127 Å². The quantitative estimate of drug-likeness (QED) is 0.733. The highest BCUT2D eigenvalue weighted by Crippen LogP contribution is 2.34. The third kappa shape index (κ3) is 2.28. The Morgan fingerprint density at radius 3 is 2.95 bits per heavy atom. The van der Waals surface area contributed by atoms with E-state index < -0.39 is 0 Å². The first-order valence-electron chi connectivity index (χ1n) is 7.43. The van der Waals surface area contributed by atoms with Crippen molar-refractivity contribution in [3.8, 4) is 17.6 Å². The molecule has 1 aromatic carbocycles. The Bertz CT molecular complexity index is 826. The van der Waals surface area contributed by atoms with Gasteiger partial charge in [-0.25, -0.2) is 4.98 Å². The van der Waals surface area contributed by atoms with Gasteiger partial charge in [0.2, 0.25) is 5.88 Å². The van der Waals surface area contributed by atoms with Crippen LogP contribution in [0.5, 0.6) is 17.6 Å². The molecule has 1 aliphatic rings. The molecule has 2 aromatic heterocycles. The molecule has 0 saturated carbocycles. The second-order valence-corrected chi connectivity index (χ2v) is 5.35. The molecule has 0 spiro atoms. The molecule has 0 radical (unpaired) electrons. The summed E-state index contributed by atoms with van der Waals surface area (Å²) in [6.45, 7) is 0. The van der Waals surface area contributed by atoms with Gasteiger partial charge in [-0.05, 0) is 37.5 Å². The molecule has 0 unspecified atom stereocenters. The van der Waals surface area contributed by atoms with E-state index in [2.05, 4.69) is 9.97 Å². The molecule has 0 bridgehead atoms. The van der Waals surface area contributed by atoms with Crippen molar-refractivity contribution >= 4 is 11.0 Å². The van der Waals surface area contributed by atoms with Crippen LogP contribution in [0.15, 0.2) is 34.9 Å². The average Bonchev–Trinajstić information content (AvgIpc) is 2.93. The molecule has 0 aliphatic heterocycles. The monoisotopic (exact) mass is 296 g/mol. The van der Waals surface area contributed by atoms with Gasteiger partial charge in [-0.3, -0.25) is 0 Å². The van der Waals surface area contributed by atoms with Crippen molar-refractivity contribution in [1.82, 2.24) is 9.97 Å². The van der Waals surface area contributed by atoms with Crippen LogP contribution in [0.4, 0.5) is 0 Å². The number of aryl methyl sites for hydroxylation is 2. The van der Waals surface area contributed by atoms with Gasteiger partial charge in [0.25, 0.3) is 0 Å². The first-order valence-corrected chi connectivity index (χ1v) is 7.43. The maximum Gasteiger partial charge on any atom is 0.325 e. The molecule has 0 fully saturated rings. The fourth-order valence-corrected chi connectivity index (χ4v) is 2.90. The molecular formula is C17H16N2O3. The van der Waals surface area contributed by atoms with Gasteiger partial charge in [0.15, 0.2) is 0 Å². The van der Waals surface area contributed by atoms with Crippen LogP contribution in [-0.4, -0.2) is 17.1 Å². The highest BCUT2D eigenvalue weighted by atomic mass is 16.5. The summed E-state index contributed by atoms with van der Waals surface area (Å²) in [6, 6.07) is 7.79. The Morgan fingerprint density at radius 2 is 2.05 bits per heavy atom. The molecule has 4 rings (SSSR count). The summed E-state index contributed by atoms with van der Waals surface area (Å²) in [5, 5.41) is 1.13. The molecule has 1 aliphatic carbocycles. The van der Waals surface area contributed by atoms with Crippen molar-refractivity contribution < 1.29 is 13.9 Å². The number of rotatable bonds is 3. The van der Waals surface area contributed by atoms with E-state index in [4.69, 9.17) is 13.9 Å². The predicted molar refractivity (Wildman–Crippen MR) is 81.5 cm³/mol. The molecule has 0 amide bonds. The fraction of sp³-hybridized carbons (Fsp3) is 0.294. The second-order valence-electron chi connectivity index (χ2n) is 5.35. The SMILES string of the molecule is COc1ccnc(Oc2ccc3oc4c(c3c2)CCCC4)n1. The van der Waals surface area contributed by atoms with Gasteiger partial charge >= 0.3 is 6.01 Å². The molecule has 0 N–H and O–H groups in total. The molecule has 2 heterocycles. The van der Waals surface area contributed by atoms with Crippen LogP contribution in [0.25, 0.3) is 11.0 Å². The van der Waals surface area contributed by atoms with E-state index in [-0.39, 0.29) is 6.01 Å². The normalized spacial score (nSPS) is 13.9. The molecule has 5 heteroatoms. The van der Waals surface area contributed by atoms with E-state index in [9.17, 15) is 0 Å². The zero-order chi connectivity index (χ0) is 14.9. The van der Waals surface area contributed by atoms with Crippen LogP contribution in [0, 0.1) is 0 Å². The maximum absolute atomic E-state index is 5.93. The lowest BCUT2D eigenvalue weighted by Gasteiger charge is -2.09. The average molecular weight is 296 g/mol. The maximum atomic E-state index is 5.93. The van der Waals surface area contributed by atoms with E-state index >= 15 is 0 Å². The largest absolute Gasteiger partial charge is 0.481 e. The zero-order valence-corrected chi connectivity index (χ0v) is 12.3. The van der Waals surface area contributed by atoms with Gasteiger partial charge in [0.1, 0.15) is 17.1 Å². The highest BCUT2D eigenvalue weighted by Gasteiger charge is 2.18. The smallest absolute Gasteiger partial charge is 0.325 e. The molecule has 0 atom stereocenters. The number of hydrogen-bond donors (Lipinski definition) is 0. The van der Waals surface area contributed by atoms with E-state index in [0.717, 1.165) is 29.6 Å². The number of methoxy groups -OCH3 is 1. The number of fused-ring (bicyclic) bond motifs is 3. The summed E-state index contributed by atoms with van der Waals surface area (Å²) in [5.74, 6) is 2.30. The van der Waals surface area contributed by atoms with Crippen LogP contribution < -0.4 is 9.47 Å². The zero-order valence-electron chi connectivity index (χ0n) is 12.3. The number of furan rings is 1. The van der Waals surface area contributed by atoms with E-state index in [1.807, 2.05) is 18.2 Å². The van der Waals surface area contributed by atoms with Gasteiger partial charge in [0.05, 0.1) is 7.11 Å². The van der Waals surface area contributed by atoms with Crippen molar-refractivity contribution in [3.63, 3.8) is 0 Å². The van der Waals surface area contributed by atoms with E-state index in [1.165, 1.54) is 18.4 Å². The minimum Gasteiger partial charge on any atom is -0.481 e. The van der Waals surface area contributed by atoms with E-state index in [1.54, 1.807) is 19.4 Å². The fourth-order valence-electron chi connectivity index (χ4n) is 2.90. The second kappa shape index (κ2) is 5.33. The molecule has 3 aromatic rings. The number of aromatic nitrogens is 2. The third-order valence-corrected chi connectivity index (χ3v) is 3.95. The van der Waals surface area contributed by atoms with Crippen LogP contribution in [0.1, 0.15) is 24.2 Å². The Balaban J connectivity index is 1.69. The van der Waals surface area contributed by atoms with E-state index in [0.29, 0.717) is 11.6 Å². The lowest BCUT2D eigenvalue weighted by molar-refractivity contribution is 0.376. The summed E-state index contributed by atoms with van der Waals surface area (Å²) in [5.41, 5.74) is 2.24. The Kier molecular flexibility index (Phi) is 3.18. The van der Waals surface area contributed by atoms with Crippen molar-refractivity contribution in [1.29, 1.82) is 0 Å². The summed E-state index contributed by atoms with van der Waals surface area (Å²) in [7, 11) is 1.57. The predicted octanol–water partition coefficient (Wildman–Crippen LogP) is 3.90. The van der Waals surface area contributed by atoms with Crippen molar-refractivity contribution in [2.45, 2.75) is 25.7 Å². The standard InChI is InChI=1S/C17H16N2O3/c1-20-16-8-9-18-17(19-16)21-11-6-7-15-13(10-11)12-4-2-3-5-14(12)22-15/h6-10H,2-5H2,1H3. The summed E-state index contributed by atoms with van der Waals surface area (Å²) in [4.78, 5) is 8.26. The topological polar surface area (TPSA) is 57.4 Å². The molecule has 0 saturated heterocycles. The summed E-state index contributed by atoms with van der Waals surface area (Å²) in [6.07, 6.45) is 6.12. The minimum absolute atomic E-state index is 0.274. The van der Waals surface area contributed by atoms with Gasteiger partial charge in [-0.2, -0.15) is 4.98 Å². The molecular weight excluding hydrogens is 280 g/mol. The van der Waals surface area contributed by atoms with Crippen LogP contribution in [0.2, 0.25) is 0 Å². The first kappa shape index (κ1) is 13.1. The molecule has 112 valence electrons. The number of hydrogen-bond acceptors (Lipinski definition) is 5. The van der Waals surface area contributed by atoms with Gasteiger partial charge in [0, 0.05) is 29.6 Å². The summed E-state index contributed by atoms with van der Waals surface area (Å²) >= 11 is 0. The van der Waals surface area contributed by atoms with Crippen molar-refractivity contribution in [3.05, 3.63) is 41.8 Å². The number of nitrogens with zero attached hydrogens (tertiary/aromatic N) is 2. The molecule has 22 heavy (non-hydrogen) atoms. The lowest BCUT2D eigenvalue weighted by atomic mass is 9.96. The Morgan fingerprint density at radius 1 is 1.14 bits per heavy atom. The number of ether oxygens (including phenoxy) is 2. The van der Waals surface area contributed by atoms with Gasteiger partial charge in [-0.1, -0.05) is 0 Å². The van der Waals surface area contributed by atoms with Crippen LogP contribution >= 0.6 is 0 Å². The first-order chi connectivity index (χ1) is 10.8. The highest BCUT2D eigenvalue weighted by molar-refractivity contribution is 5.84. The summed E-state index contributed by atoms with van der Waals surface area (Å²) < 4.78 is 16.7. The van der Waals surface area contributed by atoms with Crippen molar-refractivity contribution in [2.75, 3.05) is 7.11 Å². The lowest BCUT2D eigenvalue weighted by Crippen LogP contribution is -1.98. The van der Waals surface area contributed by atoms with Gasteiger partial charge in [-0.15, -0.1) is 0 Å². The molecule has 5 nitrogen and oxygen atoms in total. The van der Waals surface area contributed by atoms with Crippen LogP contribution in [-0.2, 0) is 12.8 Å². The van der Waals surface area contributed by atoms with Crippen molar-refractivity contribution in [2.24, 2.45) is 0 Å². The Hall–Kier alpha value is -2.56. The third-order valence-electron chi connectivity index (χ3n) is 3.95. The van der Waals surface area contributed by atoms with Crippen LogP contribution in [0.3, 0.4) is 0 Å². The number of benzene rings is 1.